The summed E-state index contributed by atoms with van der Waals surface area (Å²) in [6.45, 7) is 1.01. The molecule has 15 heavy (non-hydrogen) atoms. The maximum Gasteiger partial charge on any atom is 0.150 e. The number of hydrogen-bond acceptors (Lipinski definition) is 1. The van der Waals surface area contributed by atoms with E-state index in [2.05, 4.69) is 32.8 Å². The highest BCUT2D eigenvalue weighted by Crippen LogP contribution is 2.17. The molecule has 0 spiro atoms. The molecule has 0 saturated heterocycles. The monoisotopic (exact) mass is 265 g/mol. The summed E-state index contributed by atoms with van der Waals surface area (Å²) in [5.41, 5.74) is 1.93. The molecule has 2 nitrogen and oxygen atoms in total. The fourth-order valence-electron chi connectivity index (χ4n) is 1.72. The third kappa shape index (κ3) is 2.12. The zero-order valence-electron chi connectivity index (χ0n) is 8.32. The summed E-state index contributed by atoms with van der Waals surface area (Å²) < 4.78 is 2.21. The van der Waals surface area contributed by atoms with Gasteiger partial charge in [0, 0.05) is 34.5 Å². The number of alkyl halides is 1. The molecule has 0 unspecified atom stereocenters. The number of fused-ring (bicyclic) bond motifs is 1. The van der Waals surface area contributed by atoms with Gasteiger partial charge in [-0.1, -0.05) is 15.9 Å². The van der Waals surface area contributed by atoms with Crippen molar-refractivity contribution in [3.63, 3.8) is 0 Å². The summed E-state index contributed by atoms with van der Waals surface area (Å²) in [5, 5.41) is 2.15. The summed E-state index contributed by atoms with van der Waals surface area (Å²) in [5.74, 6) is 0. The lowest BCUT2D eigenvalue weighted by Crippen LogP contribution is -1.96. The second-order valence-electron chi connectivity index (χ2n) is 3.49. The molecule has 1 heterocycles. The topological polar surface area (TPSA) is 22.0 Å². The van der Waals surface area contributed by atoms with Crippen molar-refractivity contribution >= 4 is 33.1 Å². The maximum atomic E-state index is 10.6. The molecule has 0 aliphatic heterocycles. The predicted octanol–water partition coefficient (Wildman–Crippen LogP) is 3.24. The van der Waals surface area contributed by atoms with Crippen molar-refractivity contribution in [1.82, 2.24) is 4.57 Å². The van der Waals surface area contributed by atoms with E-state index in [4.69, 9.17) is 0 Å². The Kier molecular flexibility index (Phi) is 3.21. The van der Waals surface area contributed by atoms with E-state index in [0.717, 1.165) is 35.5 Å². The van der Waals surface area contributed by atoms with Gasteiger partial charge in [0.15, 0.2) is 0 Å². The molecule has 0 aliphatic carbocycles. The number of benzene rings is 1. The number of carbonyl (C=O) groups is 1. The average molecular weight is 266 g/mol. The first-order valence-corrected chi connectivity index (χ1v) is 6.07. The van der Waals surface area contributed by atoms with E-state index in [1.165, 1.54) is 5.52 Å². The van der Waals surface area contributed by atoms with Crippen LogP contribution in [0.5, 0.6) is 0 Å². The largest absolute Gasteiger partial charge is 0.347 e. The summed E-state index contributed by atoms with van der Waals surface area (Å²) in [4.78, 5) is 10.6. The fraction of sp³-hybridized carbons (Fsp3) is 0.250. The lowest BCUT2D eigenvalue weighted by atomic mass is 10.2. The molecule has 0 fully saturated rings. The van der Waals surface area contributed by atoms with Gasteiger partial charge in [-0.3, -0.25) is 4.79 Å². The number of nitrogens with zero attached hydrogens (tertiary/aromatic N) is 1. The molecule has 3 heteroatoms. The van der Waals surface area contributed by atoms with Crippen LogP contribution in [0.3, 0.4) is 0 Å². The van der Waals surface area contributed by atoms with Gasteiger partial charge in [-0.2, -0.15) is 0 Å². The Morgan fingerprint density at radius 3 is 2.93 bits per heavy atom. The van der Waals surface area contributed by atoms with Gasteiger partial charge in [-0.15, -0.1) is 0 Å². The minimum Gasteiger partial charge on any atom is -0.347 e. The van der Waals surface area contributed by atoms with Crippen molar-refractivity contribution in [2.75, 3.05) is 5.33 Å². The van der Waals surface area contributed by atoms with Crippen molar-refractivity contribution in [1.29, 1.82) is 0 Å². The highest BCUT2D eigenvalue weighted by atomic mass is 79.9. The Morgan fingerprint density at radius 2 is 2.20 bits per heavy atom. The standard InChI is InChI=1S/C12H12BrNO/c13-5-1-6-14-7-4-11-8-10(9-15)2-3-12(11)14/h2-4,7-9H,1,5-6H2. The zero-order valence-corrected chi connectivity index (χ0v) is 9.90. The minimum absolute atomic E-state index is 0.737. The molecule has 0 aliphatic rings. The molecule has 0 atom stereocenters. The van der Waals surface area contributed by atoms with Gasteiger partial charge in [0.1, 0.15) is 6.29 Å². The van der Waals surface area contributed by atoms with Crippen LogP contribution in [0, 0.1) is 0 Å². The summed E-state index contributed by atoms with van der Waals surface area (Å²) in [6.07, 6.45) is 4.07. The van der Waals surface area contributed by atoms with Crippen LogP contribution in [0.2, 0.25) is 0 Å². The van der Waals surface area contributed by atoms with Crippen molar-refractivity contribution in [3.8, 4) is 0 Å². The van der Waals surface area contributed by atoms with E-state index in [1.807, 2.05) is 18.2 Å². The molecule has 2 aromatic rings. The molecular formula is C12H12BrNO. The number of rotatable bonds is 4. The number of halogens is 1. The van der Waals surface area contributed by atoms with Crippen LogP contribution in [0.4, 0.5) is 0 Å². The highest BCUT2D eigenvalue weighted by molar-refractivity contribution is 9.09. The van der Waals surface area contributed by atoms with Gasteiger partial charge in [-0.05, 0) is 30.7 Å². The molecule has 0 radical (unpaired) electrons. The van der Waals surface area contributed by atoms with Crippen LogP contribution >= 0.6 is 15.9 Å². The number of hydrogen-bond donors (Lipinski definition) is 0. The zero-order chi connectivity index (χ0) is 10.7. The van der Waals surface area contributed by atoms with Gasteiger partial charge in [-0.25, -0.2) is 0 Å². The Hall–Kier alpha value is -1.09. The van der Waals surface area contributed by atoms with Crippen LogP contribution in [0.1, 0.15) is 16.8 Å². The van der Waals surface area contributed by atoms with E-state index in [-0.39, 0.29) is 0 Å². The molecule has 1 aromatic carbocycles. The van der Waals surface area contributed by atoms with E-state index in [1.54, 1.807) is 0 Å². The normalized spacial score (nSPS) is 10.7. The van der Waals surface area contributed by atoms with E-state index < -0.39 is 0 Å². The van der Waals surface area contributed by atoms with Gasteiger partial charge in [0.25, 0.3) is 0 Å². The van der Waals surface area contributed by atoms with Crippen molar-refractivity contribution in [2.45, 2.75) is 13.0 Å². The van der Waals surface area contributed by atoms with Gasteiger partial charge in [0.05, 0.1) is 0 Å². The SMILES string of the molecule is O=Cc1ccc2c(ccn2CCCBr)c1. The lowest BCUT2D eigenvalue weighted by Gasteiger charge is -2.03. The number of aryl methyl sites for hydroxylation is 1. The van der Waals surface area contributed by atoms with Gasteiger partial charge in [0.2, 0.25) is 0 Å². The molecule has 0 amide bonds. The molecular weight excluding hydrogens is 254 g/mol. The van der Waals surface area contributed by atoms with Crippen LogP contribution in [-0.2, 0) is 6.54 Å². The third-order valence-corrected chi connectivity index (χ3v) is 3.02. The first kappa shape index (κ1) is 10.4. The molecule has 0 bridgehead atoms. The first-order chi connectivity index (χ1) is 7.35. The molecule has 1 aromatic heterocycles. The smallest absolute Gasteiger partial charge is 0.150 e. The Bertz CT molecular complexity index is 475. The second kappa shape index (κ2) is 4.62. The fourth-order valence-corrected chi connectivity index (χ4v) is 1.97. The predicted molar refractivity (Wildman–Crippen MR) is 65.7 cm³/mol. The Labute approximate surface area is 97.0 Å². The second-order valence-corrected chi connectivity index (χ2v) is 4.28. The first-order valence-electron chi connectivity index (χ1n) is 4.95. The molecule has 2 rings (SSSR count). The van der Waals surface area contributed by atoms with Crippen LogP contribution in [0.25, 0.3) is 10.9 Å². The molecule has 78 valence electrons. The van der Waals surface area contributed by atoms with Gasteiger partial charge >= 0.3 is 0 Å². The minimum atomic E-state index is 0.737. The van der Waals surface area contributed by atoms with Crippen LogP contribution in [-0.4, -0.2) is 16.2 Å². The number of carbonyl (C=O) groups excluding carboxylic acids is 1. The third-order valence-electron chi connectivity index (χ3n) is 2.46. The van der Waals surface area contributed by atoms with Gasteiger partial charge < -0.3 is 4.57 Å². The highest BCUT2D eigenvalue weighted by Gasteiger charge is 2.01. The number of aldehydes is 1. The lowest BCUT2D eigenvalue weighted by molar-refractivity contribution is 0.112. The van der Waals surface area contributed by atoms with Crippen molar-refractivity contribution in [2.24, 2.45) is 0 Å². The quantitative estimate of drug-likeness (QED) is 0.615. The van der Waals surface area contributed by atoms with E-state index >= 15 is 0 Å². The molecule has 0 N–H and O–H groups in total. The summed E-state index contributed by atoms with van der Waals surface area (Å²) in [7, 11) is 0. The van der Waals surface area contributed by atoms with E-state index in [0.29, 0.717) is 0 Å². The van der Waals surface area contributed by atoms with Crippen molar-refractivity contribution in [3.05, 3.63) is 36.0 Å². The average Bonchev–Trinajstić information content (AvgIpc) is 2.68. The molecule has 0 saturated carbocycles. The van der Waals surface area contributed by atoms with Crippen LogP contribution in [0.15, 0.2) is 30.5 Å². The number of aromatic nitrogens is 1. The maximum absolute atomic E-state index is 10.6. The Morgan fingerprint density at radius 1 is 1.33 bits per heavy atom. The Balaban J connectivity index is 2.38. The van der Waals surface area contributed by atoms with Crippen LogP contribution < -0.4 is 0 Å². The summed E-state index contributed by atoms with van der Waals surface area (Å²) >= 11 is 3.42. The summed E-state index contributed by atoms with van der Waals surface area (Å²) in [6, 6.07) is 7.84. The van der Waals surface area contributed by atoms with Crippen molar-refractivity contribution < 1.29 is 4.79 Å². The van der Waals surface area contributed by atoms with E-state index in [9.17, 15) is 4.79 Å².